The van der Waals surface area contributed by atoms with Crippen LogP contribution in [0.5, 0.6) is 0 Å². The van der Waals surface area contributed by atoms with E-state index in [1.54, 1.807) is 0 Å². The molecule has 0 amide bonds. The Morgan fingerprint density at radius 2 is 2.20 bits per heavy atom. The molecule has 0 radical (unpaired) electrons. The molecule has 84 valence electrons. The van der Waals surface area contributed by atoms with Crippen molar-refractivity contribution in [3.63, 3.8) is 0 Å². The number of rotatable bonds is 3. The molecule has 0 aromatic carbocycles. The third-order valence-corrected chi connectivity index (χ3v) is 2.57. The second kappa shape index (κ2) is 4.16. The summed E-state index contributed by atoms with van der Waals surface area (Å²) >= 11 is 0. The van der Waals surface area contributed by atoms with E-state index >= 15 is 0 Å². The van der Waals surface area contributed by atoms with Crippen LogP contribution in [0.3, 0.4) is 0 Å². The number of aromatic nitrogens is 2. The molecule has 0 unspecified atom stereocenters. The third-order valence-electron chi connectivity index (χ3n) is 2.57. The van der Waals surface area contributed by atoms with Gasteiger partial charge in [0.2, 0.25) is 5.82 Å². The minimum Gasteiger partial charge on any atom is -0.381 e. The first kappa shape index (κ1) is 10.4. The number of hydrogen-bond donors (Lipinski definition) is 1. The molecule has 0 saturated carbocycles. The van der Waals surface area contributed by atoms with E-state index in [1.807, 2.05) is 6.92 Å². The topological polar surface area (TPSA) is 83.4 Å². The molecule has 1 aromatic rings. The predicted molar refractivity (Wildman–Crippen MR) is 52.1 cm³/mol. The molecule has 2 N–H and O–H groups in total. The van der Waals surface area contributed by atoms with Gasteiger partial charge in [0.1, 0.15) is 5.60 Å². The van der Waals surface area contributed by atoms with Crippen molar-refractivity contribution in [1.29, 1.82) is 0 Å². The SMILES string of the molecule is CCOC1(c2noc(N)n2)CCOCC1. The first-order valence-corrected chi connectivity index (χ1v) is 5.08. The van der Waals surface area contributed by atoms with Gasteiger partial charge in [0.15, 0.2) is 0 Å². The van der Waals surface area contributed by atoms with Gasteiger partial charge in [-0.1, -0.05) is 5.16 Å². The van der Waals surface area contributed by atoms with Crippen molar-refractivity contribution in [3.8, 4) is 0 Å². The molecule has 1 aromatic heterocycles. The monoisotopic (exact) mass is 213 g/mol. The Morgan fingerprint density at radius 3 is 2.73 bits per heavy atom. The van der Waals surface area contributed by atoms with E-state index in [-0.39, 0.29) is 6.01 Å². The predicted octanol–water partition coefficient (Wildman–Crippen LogP) is 0.694. The summed E-state index contributed by atoms with van der Waals surface area (Å²) in [6, 6.07) is 0.0792. The fourth-order valence-electron chi connectivity index (χ4n) is 1.83. The summed E-state index contributed by atoms with van der Waals surface area (Å²) in [5.74, 6) is 0.533. The lowest BCUT2D eigenvalue weighted by molar-refractivity contribution is -0.118. The molecule has 1 aliphatic heterocycles. The van der Waals surface area contributed by atoms with Gasteiger partial charge in [0.25, 0.3) is 0 Å². The van der Waals surface area contributed by atoms with Crippen LogP contribution in [0, 0.1) is 0 Å². The molecule has 0 bridgehead atoms. The molecule has 0 aliphatic carbocycles. The summed E-state index contributed by atoms with van der Waals surface area (Å²) in [6.45, 7) is 3.85. The number of anilines is 1. The Labute approximate surface area is 87.7 Å². The van der Waals surface area contributed by atoms with Crippen molar-refractivity contribution >= 4 is 6.01 Å². The highest BCUT2D eigenvalue weighted by molar-refractivity contribution is 5.12. The minimum absolute atomic E-state index is 0.0792. The van der Waals surface area contributed by atoms with Gasteiger partial charge in [-0.3, -0.25) is 0 Å². The van der Waals surface area contributed by atoms with Gasteiger partial charge in [-0.2, -0.15) is 4.98 Å². The van der Waals surface area contributed by atoms with E-state index in [9.17, 15) is 0 Å². The molecule has 1 saturated heterocycles. The molecule has 1 aliphatic rings. The molecular weight excluding hydrogens is 198 g/mol. The van der Waals surface area contributed by atoms with Gasteiger partial charge in [-0.05, 0) is 6.92 Å². The Hall–Kier alpha value is -1.14. The quantitative estimate of drug-likeness (QED) is 0.795. The minimum atomic E-state index is -0.478. The average molecular weight is 213 g/mol. The molecule has 6 nitrogen and oxygen atoms in total. The van der Waals surface area contributed by atoms with Crippen LogP contribution in [-0.2, 0) is 15.1 Å². The smallest absolute Gasteiger partial charge is 0.318 e. The van der Waals surface area contributed by atoms with Crippen molar-refractivity contribution in [2.24, 2.45) is 0 Å². The summed E-state index contributed by atoms with van der Waals surface area (Å²) in [6.07, 6.45) is 1.47. The van der Waals surface area contributed by atoms with Crippen LogP contribution in [0.15, 0.2) is 4.52 Å². The molecule has 2 rings (SSSR count). The lowest BCUT2D eigenvalue weighted by Crippen LogP contribution is -2.37. The van der Waals surface area contributed by atoms with Crippen molar-refractivity contribution in [2.75, 3.05) is 25.6 Å². The molecule has 2 heterocycles. The fourth-order valence-corrected chi connectivity index (χ4v) is 1.83. The fraction of sp³-hybridized carbons (Fsp3) is 0.778. The van der Waals surface area contributed by atoms with Gasteiger partial charge in [-0.15, -0.1) is 0 Å². The highest BCUT2D eigenvalue weighted by Gasteiger charge is 2.39. The van der Waals surface area contributed by atoms with E-state index in [1.165, 1.54) is 0 Å². The third kappa shape index (κ3) is 1.95. The van der Waals surface area contributed by atoms with E-state index in [2.05, 4.69) is 10.1 Å². The number of hydrogen-bond acceptors (Lipinski definition) is 6. The van der Waals surface area contributed by atoms with Crippen molar-refractivity contribution in [3.05, 3.63) is 5.82 Å². The lowest BCUT2D eigenvalue weighted by Gasteiger charge is -2.33. The van der Waals surface area contributed by atoms with Crippen molar-refractivity contribution < 1.29 is 14.0 Å². The zero-order valence-corrected chi connectivity index (χ0v) is 8.73. The first-order valence-electron chi connectivity index (χ1n) is 5.08. The maximum Gasteiger partial charge on any atom is 0.318 e. The van der Waals surface area contributed by atoms with Crippen LogP contribution in [0.2, 0.25) is 0 Å². The normalized spacial score (nSPS) is 20.3. The summed E-state index contributed by atoms with van der Waals surface area (Å²) in [5.41, 5.74) is 4.94. The highest BCUT2D eigenvalue weighted by Crippen LogP contribution is 2.34. The van der Waals surface area contributed by atoms with Crippen LogP contribution < -0.4 is 5.73 Å². The number of nitrogen functional groups attached to an aromatic ring is 1. The van der Waals surface area contributed by atoms with Gasteiger partial charge in [-0.25, -0.2) is 0 Å². The van der Waals surface area contributed by atoms with Crippen LogP contribution in [0.4, 0.5) is 6.01 Å². The Kier molecular flexibility index (Phi) is 2.88. The summed E-state index contributed by atoms with van der Waals surface area (Å²) < 4.78 is 15.8. The zero-order valence-electron chi connectivity index (χ0n) is 8.73. The second-order valence-corrected chi connectivity index (χ2v) is 3.50. The summed E-state index contributed by atoms with van der Waals surface area (Å²) in [7, 11) is 0. The maximum atomic E-state index is 5.75. The van der Waals surface area contributed by atoms with Crippen LogP contribution in [-0.4, -0.2) is 30.0 Å². The van der Waals surface area contributed by atoms with Crippen molar-refractivity contribution in [2.45, 2.75) is 25.4 Å². The molecule has 0 spiro atoms. The van der Waals surface area contributed by atoms with Crippen LogP contribution in [0.25, 0.3) is 0 Å². The molecule has 1 fully saturated rings. The molecule has 0 atom stereocenters. The van der Waals surface area contributed by atoms with Crippen LogP contribution in [0.1, 0.15) is 25.6 Å². The van der Waals surface area contributed by atoms with Gasteiger partial charge < -0.3 is 19.7 Å². The maximum absolute atomic E-state index is 5.75. The molecule has 15 heavy (non-hydrogen) atoms. The Morgan fingerprint density at radius 1 is 1.47 bits per heavy atom. The zero-order chi connectivity index (χ0) is 10.7. The lowest BCUT2D eigenvalue weighted by atomic mass is 9.93. The highest BCUT2D eigenvalue weighted by atomic mass is 16.5. The van der Waals surface area contributed by atoms with Gasteiger partial charge >= 0.3 is 6.01 Å². The first-order chi connectivity index (χ1) is 7.27. The molecular formula is C9H15N3O3. The van der Waals surface area contributed by atoms with E-state index in [0.717, 1.165) is 12.8 Å². The molecule has 6 heteroatoms. The Bertz CT molecular complexity index is 315. The Balaban J connectivity index is 2.24. The van der Waals surface area contributed by atoms with E-state index < -0.39 is 5.60 Å². The summed E-state index contributed by atoms with van der Waals surface area (Å²) in [5, 5.41) is 3.84. The number of nitrogens with zero attached hydrogens (tertiary/aromatic N) is 2. The van der Waals surface area contributed by atoms with Crippen LogP contribution >= 0.6 is 0 Å². The number of ether oxygens (including phenoxy) is 2. The summed E-state index contributed by atoms with van der Waals surface area (Å²) in [4.78, 5) is 4.04. The second-order valence-electron chi connectivity index (χ2n) is 3.50. The standard InChI is InChI=1S/C9H15N3O3/c1-2-14-9(3-5-13-6-4-9)7-11-8(10)15-12-7/h2-6H2,1H3,(H2,10,11,12). The van der Waals surface area contributed by atoms with Gasteiger partial charge in [0, 0.05) is 32.7 Å². The number of nitrogens with two attached hydrogens (primary N) is 1. The van der Waals surface area contributed by atoms with E-state index in [4.69, 9.17) is 19.7 Å². The van der Waals surface area contributed by atoms with E-state index in [0.29, 0.717) is 25.6 Å². The largest absolute Gasteiger partial charge is 0.381 e. The van der Waals surface area contributed by atoms with Gasteiger partial charge in [0.05, 0.1) is 0 Å². The van der Waals surface area contributed by atoms with Crippen molar-refractivity contribution in [1.82, 2.24) is 10.1 Å². The average Bonchev–Trinajstić information content (AvgIpc) is 2.67.